The van der Waals surface area contributed by atoms with Crippen LogP contribution in [-0.2, 0) is 4.79 Å². The van der Waals surface area contributed by atoms with Gasteiger partial charge in [0, 0.05) is 42.6 Å². The lowest BCUT2D eigenvalue weighted by Gasteiger charge is -2.57. The number of nitrogens with zero attached hydrogens (tertiary/aromatic N) is 1. The van der Waals surface area contributed by atoms with Gasteiger partial charge in [-0.05, 0) is 80.6 Å². The molecule has 4 aliphatic carbocycles. The molecule has 36 heavy (non-hydrogen) atoms. The number of aromatic nitrogens is 1. The standard InChI is InChI=1S/C31H46N2O3/c1-5-27(33-20(2)3)28-19-23(12-16-32-28)36-17-15-31-14-11-25-24(26(31)8-9-29(31)35)7-6-21-18-22(34)10-13-30(21,25)4/h6,12,16,19-20,24-27,29,33,35H,5,7-11,13-15,17-18H2,1-4H3/t24?,25?,26?,27?,29?,30-,31+/m0/s1. The summed E-state index contributed by atoms with van der Waals surface area (Å²) in [5.74, 6) is 3.12. The number of aliphatic hydroxyl groups excluding tert-OH is 1. The lowest BCUT2D eigenvalue weighted by atomic mass is 9.47. The van der Waals surface area contributed by atoms with Crippen LogP contribution in [0.4, 0.5) is 0 Å². The van der Waals surface area contributed by atoms with Gasteiger partial charge in [0.25, 0.3) is 0 Å². The molecule has 5 heteroatoms. The van der Waals surface area contributed by atoms with Crippen LogP contribution < -0.4 is 10.1 Å². The molecule has 7 atom stereocenters. The molecule has 2 N–H and O–H groups in total. The van der Waals surface area contributed by atoms with Crippen LogP contribution in [0.1, 0.15) is 104 Å². The van der Waals surface area contributed by atoms with Crippen LogP contribution in [0.25, 0.3) is 0 Å². The number of Topliss-reactive ketones (excluding diaryl/α,β-unsaturated/α-hetero) is 1. The van der Waals surface area contributed by atoms with Crippen molar-refractivity contribution < 1.29 is 14.6 Å². The third-order valence-corrected chi connectivity index (χ3v) is 10.5. The molecule has 198 valence electrons. The van der Waals surface area contributed by atoms with E-state index >= 15 is 0 Å². The Morgan fingerprint density at radius 3 is 2.83 bits per heavy atom. The summed E-state index contributed by atoms with van der Waals surface area (Å²) in [5, 5.41) is 14.9. The van der Waals surface area contributed by atoms with Gasteiger partial charge in [0.2, 0.25) is 0 Å². The molecule has 1 aromatic rings. The number of carbonyl (C=O) groups excluding carboxylic acids is 1. The molecule has 1 heterocycles. The highest BCUT2D eigenvalue weighted by molar-refractivity contribution is 5.82. The first-order valence-electron chi connectivity index (χ1n) is 14.5. The molecule has 3 fully saturated rings. The first-order valence-corrected chi connectivity index (χ1v) is 14.5. The van der Waals surface area contributed by atoms with E-state index in [-0.39, 0.29) is 23.0 Å². The quantitative estimate of drug-likeness (QED) is 0.423. The van der Waals surface area contributed by atoms with Crippen LogP contribution >= 0.6 is 0 Å². The van der Waals surface area contributed by atoms with E-state index in [2.05, 4.69) is 50.1 Å². The lowest BCUT2D eigenvalue weighted by molar-refractivity contribution is -0.123. The second-order valence-electron chi connectivity index (χ2n) is 12.6. The fraction of sp³-hybridized carbons (Fsp3) is 0.742. The molecule has 5 unspecified atom stereocenters. The van der Waals surface area contributed by atoms with Gasteiger partial charge in [-0.1, -0.05) is 39.3 Å². The topological polar surface area (TPSA) is 71.5 Å². The number of ether oxygens (including phenoxy) is 1. The number of aliphatic hydroxyl groups is 1. The highest BCUT2D eigenvalue weighted by atomic mass is 16.5. The molecule has 4 aliphatic rings. The van der Waals surface area contributed by atoms with E-state index in [0.29, 0.717) is 42.6 Å². The average molecular weight is 495 g/mol. The number of carbonyl (C=O) groups is 1. The highest BCUT2D eigenvalue weighted by Gasteiger charge is 2.60. The Morgan fingerprint density at radius 1 is 1.22 bits per heavy atom. The molecule has 0 saturated heterocycles. The Hall–Kier alpha value is -1.72. The Balaban J connectivity index is 1.28. The fourth-order valence-corrected chi connectivity index (χ4v) is 8.62. The van der Waals surface area contributed by atoms with Gasteiger partial charge in [-0.3, -0.25) is 9.78 Å². The first-order chi connectivity index (χ1) is 17.3. The second-order valence-corrected chi connectivity index (χ2v) is 12.6. The van der Waals surface area contributed by atoms with E-state index in [0.717, 1.165) is 62.8 Å². The van der Waals surface area contributed by atoms with Gasteiger partial charge in [-0.2, -0.15) is 0 Å². The molecule has 3 saturated carbocycles. The van der Waals surface area contributed by atoms with E-state index in [4.69, 9.17) is 4.74 Å². The summed E-state index contributed by atoms with van der Waals surface area (Å²) >= 11 is 0. The third kappa shape index (κ3) is 4.55. The normalized spacial score (nSPS) is 36.6. The summed E-state index contributed by atoms with van der Waals surface area (Å²) in [4.78, 5) is 16.8. The summed E-state index contributed by atoms with van der Waals surface area (Å²) in [6.07, 6.45) is 13.7. The number of ketones is 1. The van der Waals surface area contributed by atoms with Gasteiger partial charge < -0.3 is 15.2 Å². The number of allylic oxidation sites excluding steroid dienone is 2. The Kier molecular flexibility index (Phi) is 7.35. The summed E-state index contributed by atoms with van der Waals surface area (Å²) in [6.45, 7) is 9.58. The SMILES string of the molecule is CCC(NC(C)C)c1cc(OCC[C@]23CCC4C(CC=C5CC(=O)CC[C@@]54C)C2CCC3O)ccn1. The van der Waals surface area contributed by atoms with Crippen molar-refractivity contribution >= 4 is 5.78 Å². The molecule has 1 aromatic heterocycles. The zero-order valence-electron chi connectivity index (χ0n) is 22.8. The number of hydrogen-bond donors (Lipinski definition) is 2. The molecule has 0 spiro atoms. The minimum absolute atomic E-state index is 0.0334. The molecule has 0 amide bonds. The average Bonchev–Trinajstić information content (AvgIpc) is 3.19. The zero-order chi connectivity index (χ0) is 25.5. The third-order valence-electron chi connectivity index (χ3n) is 10.5. The summed E-state index contributed by atoms with van der Waals surface area (Å²) in [5.41, 5.74) is 2.60. The van der Waals surface area contributed by atoms with Crippen molar-refractivity contribution in [2.45, 2.75) is 110 Å². The molecule has 5 rings (SSSR count). The van der Waals surface area contributed by atoms with Gasteiger partial charge in [0.15, 0.2) is 0 Å². The van der Waals surface area contributed by atoms with Gasteiger partial charge in [0.1, 0.15) is 11.5 Å². The van der Waals surface area contributed by atoms with Crippen LogP contribution in [0, 0.1) is 28.6 Å². The molecule has 0 radical (unpaired) electrons. The van der Waals surface area contributed by atoms with E-state index in [1.807, 2.05) is 12.3 Å². The molecule has 0 aliphatic heterocycles. The molecule has 0 aromatic carbocycles. The van der Waals surface area contributed by atoms with Crippen molar-refractivity contribution in [3.63, 3.8) is 0 Å². The van der Waals surface area contributed by atoms with Gasteiger partial charge >= 0.3 is 0 Å². The van der Waals surface area contributed by atoms with Crippen molar-refractivity contribution in [2.75, 3.05) is 6.61 Å². The number of pyridine rings is 1. The Bertz CT molecular complexity index is 990. The van der Waals surface area contributed by atoms with E-state index in [1.165, 1.54) is 12.0 Å². The fourth-order valence-electron chi connectivity index (χ4n) is 8.62. The lowest BCUT2D eigenvalue weighted by Crippen LogP contribution is -2.52. The number of nitrogens with one attached hydrogen (secondary N) is 1. The predicted molar refractivity (Wildman–Crippen MR) is 143 cm³/mol. The largest absolute Gasteiger partial charge is 0.493 e. The molecule has 0 bridgehead atoms. The molecular weight excluding hydrogens is 448 g/mol. The van der Waals surface area contributed by atoms with Crippen molar-refractivity contribution in [3.8, 4) is 5.75 Å². The highest BCUT2D eigenvalue weighted by Crippen LogP contribution is 2.65. The minimum atomic E-state index is -0.231. The minimum Gasteiger partial charge on any atom is -0.493 e. The van der Waals surface area contributed by atoms with Crippen LogP contribution in [0.5, 0.6) is 5.75 Å². The maximum atomic E-state index is 12.2. The van der Waals surface area contributed by atoms with Gasteiger partial charge in [-0.25, -0.2) is 0 Å². The molecular formula is C31H46N2O3. The van der Waals surface area contributed by atoms with Crippen LogP contribution in [0.15, 0.2) is 30.0 Å². The number of hydrogen-bond acceptors (Lipinski definition) is 5. The monoisotopic (exact) mass is 494 g/mol. The van der Waals surface area contributed by atoms with Crippen molar-refractivity contribution in [1.82, 2.24) is 10.3 Å². The zero-order valence-corrected chi connectivity index (χ0v) is 22.8. The maximum absolute atomic E-state index is 12.2. The van der Waals surface area contributed by atoms with Crippen molar-refractivity contribution in [1.29, 1.82) is 0 Å². The predicted octanol–water partition coefficient (Wildman–Crippen LogP) is 6.17. The first kappa shape index (κ1) is 25.9. The van der Waals surface area contributed by atoms with E-state index < -0.39 is 0 Å². The Labute approximate surface area is 217 Å². The van der Waals surface area contributed by atoms with Crippen molar-refractivity contribution in [2.24, 2.45) is 28.6 Å². The van der Waals surface area contributed by atoms with Crippen LogP contribution in [0.2, 0.25) is 0 Å². The number of fused-ring (bicyclic) bond motifs is 5. The van der Waals surface area contributed by atoms with Gasteiger partial charge in [-0.15, -0.1) is 0 Å². The smallest absolute Gasteiger partial charge is 0.136 e. The Morgan fingerprint density at radius 2 is 2.06 bits per heavy atom. The van der Waals surface area contributed by atoms with E-state index in [1.54, 1.807) is 0 Å². The maximum Gasteiger partial charge on any atom is 0.136 e. The summed E-state index contributed by atoms with van der Waals surface area (Å²) in [7, 11) is 0. The van der Waals surface area contributed by atoms with Crippen LogP contribution in [-0.4, -0.2) is 34.6 Å². The van der Waals surface area contributed by atoms with Crippen molar-refractivity contribution in [3.05, 3.63) is 35.7 Å². The second kappa shape index (κ2) is 10.2. The number of rotatable bonds is 8. The van der Waals surface area contributed by atoms with Crippen LogP contribution in [0.3, 0.4) is 0 Å². The molecule has 5 nitrogen and oxygen atoms in total. The van der Waals surface area contributed by atoms with Gasteiger partial charge in [0.05, 0.1) is 18.4 Å². The summed E-state index contributed by atoms with van der Waals surface area (Å²) < 4.78 is 6.33. The summed E-state index contributed by atoms with van der Waals surface area (Å²) in [6, 6.07) is 4.67. The van der Waals surface area contributed by atoms with E-state index in [9.17, 15) is 9.90 Å².